The van der Waals surface area contributed by atoms with Gasteiger partial charge in [-0.1, -0.05) is 42.1 Å². The van der Waals surface area contributed by atoms with Crippen molar-refractivity contribution < 1.29 is 4.74 Å². The van der Waals surface area contributed by atoms with E-state index in [9.17, 15) is 0 Å². The van der Waals surface area contributed by atoms with Crippen LogP contribution in [0.25, 0.3) is 0 Å². The number of benzene rings is 1. The average molecular weight is 338 g/mol. The van der Waals surface area contributed by atoms with Gasteiger partial charge in [0.05, 0.1) is 0 Å². The number of nitrogens with one attached hydrogen (secondary N) is 1. The lowest BCUT2D eigenvalue weighted by Gasteiger charge is -2.30. The Labute approximate surface area is 130 Å². The third-order valence-corrected chi connectivity index (χ3v) is 5.25. The Morgan fingerprint density at radius 1 is 1.35 bits per heavy atom. The third kappa shape index (κ3) is 3.37. The van der Waals surface area contributed by atoms with Crippen LogP contribution >= 0.6 is 15.9 Å². The lowest BCUT2D eigenvalue weighted by atomic mass is 9.84. The number of halogens is 1. The molecule has 0 aromatic heterocycles. The molecule has 3 atom stereocenters. The standard InChI is InChI=1S/C17H24BrNO/c1-2-12-4-3-5-15(8-12)19-11-16-10-13-9-14(18)6-7-17(13)20-16/h6-7,9,12,15-16,19H,2-5,8,10-11H2,1H3. The van der Waals surface area contributed by atoms with E-state index < -0.39 is 0 Å². The van der Waals surface area contributed by atoms with E-state index in [-0.39, 0.29) is 0 Å². The van der Waals surface area contributed by atoms with Crippen molar-refractivity contribution in [2.75, 3.05) is 6.54 Å². The summed E-state index contributed by atoms with van der Waals surface area (Å²) in [6.45, 7) is 3.30. The van der Waals surface area contributed by atoms with Crippen LogP contribution in [0.4, 0.5) is 0 Å². The zero-order chi connectivity index (χ0) is 13.9. The van der Waals surface area contributed by atoms with Crippen LogP contribution in [0.15, 0.2) is 22.7 Å². The Kier molecular flexibility index (Phi) is 4.67. The van der Waals surface area contributed by atoms with Crippen LogP contribution in [0.2, 0.25) is 0 Å². The molecule has 1 aliphatic carbocycles. The molecule has 3 rings (SSSR count). The van der Waals surface area contributed by atoms with Crippen molar-refractivity contribution in [3.05, 3.63) is 28.2 Å². The molecule has 20 heavy (non-hydrogen) atoms. The molecule has 1 N–H and O–H groups in total. The third-order valence-electron chi connectivity index (χ3n) is 4.76. The van der Waals surface area contributed by atoms with Crippen molar-refractivity contribution in [2.24, 2.45) is 5.92 Å². The van der Waals surface area contributed by atoms with Gasteiger partial charge in [0.1, 0.15) is 11.9 Å². The van der Waals surface area contributed by atoms with Gasteiger partial charge in [-0.25, -0.2) is 0 Å². The van der Waals surface area contributed by atoms with Crippen LogP contribution in [0.1, 0.15) is 44.6 Å². The van der Waals surface area contributed by atoms with E-state index in [1.165, 1.54) is 37.7 Å². The predicted molar refractivity (Wildman–Crippen MR) is 86.3 cm³/mol. The molecule has 110 valence electrons. The van der Waals surface area contributed by atoms with Gasteiger partial charge in [-0.2, -0.15) is 0 Å². The van der Waals surface area contributed by atoms with Crippen molar-refractivity contribution in [3.8, 4) is 5.75 Å². The molecule has 0 saturated heterocycles. The van der Waals surface area contributed by atoms with Gasteiger partial charge in [-0.3, -0.25) is 0 Å². The van der Waals surface area contributed by atoms with Crippen LogP contribution in [0.5, 0.6) is 5.75 Å². The summed E-state index contributed by atoms with van der Waals surface area (Å²) in [5, 5.41) is 3.74. The minimum absolute atomic E-state index is 0.307. The molecule has 2 nitrogen and oxygen atoms in total. The monoisotopic (exact) mass is 337 g/mol. The number of hydrogen-bond donors (Lipinski definition) is 1. The molecule has 0 amide bonds. The number of ether oxygens (including phenoxy) is 1. The molecule has 1 aliphatic heterocycles. The SMILES string of the molecule is CCC1CCCC(NCC2Cc3cc(Br)ccc3O2)C1. The second-order valence-corrected chi connectivity index (χ2v) is 7.16. The Morgan fingerprint density at radius 2 is 2.25 bits per heavy atom. The Hall–Kier alpha value is -0.540. The normalized spacial score (nSPS) is 29.0. The van der Waals surface area contributed by atoms with Crippen LogP contribution in [-0.2, 0) is 6.42 Å². The number of fused-ring (bicyclic) bond motifs is 1. The summed E-state index contributed by atoms with van der Waals surface area (Å²) in [6, 6.07) is 7.02. The molecule has 1 fully saturated rings. The zero-order valence-corrected chi connectivity index (χ0v) is 13.8. The quantitative estimate of drug-likeness (QED) is 0.883. The molecule has 1 aromatic carbocycles. The van der Waals surface area contributed by atoms with E-state index in [2.05, 4.69) is 46.4 Å². The molecule has 1 aromatic rings. The van der Waals surface area contributed by atoms with E-state index in [0.29, 0.717) is 12.1 Å². The summed E-state index contributed by atoms with van der Waals surface area (Å²) in [5.74, 6) is 1.99. The second-order valence-electron chi connectivity index (χ2n) is 6.24. The smallest absolute Gasteiger partial charge is 0.123 e. The molecule has 1 heterocycles. The molecule has 0 radical (unpaired) electrons. The largest absolute Gasteiger partial charge is 0.488 e. The molecule has 1 saturated carbocycles. The molecular formula is C17H24BrNO. The second kappa shape index (κ2) is 6.48. The average Bonchev–Trinajstić information content (AvgIpc) is 2.87. The maximum atomic E-state index is 6.02. The molecule has 0 bridgehead atoms. The summed E-state index contributed by atoms with van der Waals surface area (Å²) in [6.07, 6.45) is 8.16. The van der Waals surface area contributed by atoms with Gasteiger partial charge in [0.15, 0.2) is 0 Å². The minimum Gasteiger partial charge on any atom is -0.488 e. The summed E-state index contributed by atoms with van der Waals surface area (Å²) in [7, 11) is 0. The van der Waals surface area contributed by atoms with Gasteiger partial charge in [0.2, 0.25) is 0 Å². The predicted octanol–water partition coefficient (Wildman–Crippen LogP) is 4.31. The first-order valence-corrected chi connectivity index (χ1v) is 8.72. The van der Waals surface area contributed by atoms with E-state index in [1.807, 2.05) is 0 Å². The number of hydrogen-bond acceptors (Lipinski definition) is 2. The maximum Gasteiger partial charge on any atom is 0.123 e. The maximum absolute atomic E-state index is 6.02. The first-order valence-electron chi connectivity index (χ1n) is 7.93. The van der Waals surface area contributed by atoms with Crippen molar-refractivity contribution in [2.45, 2.75) is 57.6 Å². The van der Waals surface area contributed by atoms with Crippen molar-refractivity contribution >= 4 is 15.9 Å². The Balaban J connectivity index is 1.49. The summed E-state index contributed by atoms with van der Waals surface area (Å²) in [4.78, 5) is 0. The van der Waals surface area contributed by atoms with Crippen LogP contribution in [-0.4, -0.2) is 18.7 Å². The van der Waals surface area contributed by atoms with Crippen LogP contribution in [0, 0.1) is 5.92 Å². The molecular weight excluding hydrogens is 314 g/mol. The highest BCUT2D eigenvalue weighted by atomic mass is 79.9. The first kappa shape index (κ1) is 14.4. The van der Waals surface area contributed by atoms with E-state index in [1.54, 1.807) is 0 Å². The highest BCUT2D eigenvalue weighted by molar-refractivity contribution is 9.10. The van der Waals surface area contributed by atoms with Gasteiger partial charge < -0.3 is 10.1 Å². The Morgan fingerprint density at radius 3 is 3.10 bits per heavy atom. The Bertz CT molecular complexity index is 462. The molecule has 3 heteroatoms. The van der Waals surface area contributed by atoms with Crippen molar-refractivity contribution in [1.29, 1.82) is 0 Å². The molecule has 3 unspecified atom stereocenters. The lowest BCUT2D eigenvalue weighted by molar-refractivity contribution is 0.203. The topological polar surface area (TPSA) is 21.3 Å². The van der Waals surface area contributed by atoms with Gasteiger partial charge in [-0.05, 0) is 42.5 Å². The minimum atomic E-state index is 0.307. The van der Waals surface area contributed by atoms with Crippen LogP contribution < -0.4 is 10.1 Å². The van der Waals surface area contributed by atoms with Gasteiger partial charge in [0.25, 0.3) is 0 Å². The van der Waals surface area contributed by atoms with Crippen LogP contribution in [0.3, 0.4) is 0 Å². The van der Waals surface area contributed by atoms with Gasteiger partial charge in [-0.15, -0.1) is 0 Å². The van der Waals surface area contributed by atoms with Gasteiger partial charge in [0, 0.05) is 23.5 Å². The lowest BCUT2D eigenvalue weighted by Crippen LogP contribution is -2.40. The fourth-order valence-corrected chi connectivity index (χ4v) is 3.96. The van der Waals surface area contributed by atoms with E-state index in [0.717, 1.165) is 29.1 Å². The molecule has 2 aliphatic rings. The zero-order valence-electron chi connectivity index (χ0n) is 12.2. The fraction of sp³-hybridized carbons (Fsp3) is 0.647. The van der Waals surface area contributed by atoms with Crippen molar-refractivity contribution in [3.63, 3.8) is 0 Å². The summed E-state index contributed by atoms with van der Waals surface area (Å²) in [5.41, 5.74) is 1.33. The number of rotatable bonds is 4. The highest BCUT2D eigenvalue weighted by Gasteiger charge is 2.25. The summed E-state index contributed by atoms with van der Waals surface area (Å²) < 4.78 is 7.17. The van der Waals surface area contributed by atoms with E-state index >= 15 is 0 Å². The van der Waals surface area contributed by atoms with E-state index in [4.69, 9.17) is 4.74 Å². The molecule has 0 spiro atoms. The van der Waals surface area contributed by atoms with Crippen molar-refractivity contribution in [1.82, 2.24) is 5.32 Å². The summed E-state index contributed by atoms with van der Waals surface area (Å²) >= 11 is 3.53. The highest BCUT2D eigenvalue weighted by Crippen LogP contribution is 2.31. The van der Waals surface area contributed by atoms with Gasteiger partial charge >= 0.3 is 0 Å². The fourth-order valence-electron chi connectivity index (χ4n) is 3.55. The first-order chi connectivity index (χ1) is 9.74.